The second-order valence-electron chi connectivity index (χ2n) is 10.5. The fraction of sp³-hybridized carbons (Fsp3) is 0.324. The summed E-state index contributed by atoms with van der Waals surface area (Å²) in [6.07, 6.45) is 3.88. The third-order valence-electron chi connectivity index (χ3n) is 7.27. The number of nitrogens with zero attached hydrogens (tertiary/aromatic N) is 2. The highest BCUT2D eigenvalue weighted by Gasteiger charge is 2.48. The van der Waals surface area contributed by atoms with Crippen molar-refractivity contribution in [2.45, 2.75) is 52.5 Å². The van der Waals surface area contributed by atoms with Crippen molar-refractivity contribution in [2.75, 3.05) is 25.2 Å². The van der Waals surface area contributed by atoms with Crippen LogP contribution in [0, 0.1) is 6.92 Å². The van der Waals surface area contributed by atoms with E-state index in [4.69, 9.17) is 19.2 Å². The van der Waals surface area contributed by atoms with E-state index in [1.807, 2.05) is 32.0 Å². The number of benzene rings is 3. The molecule has 8 nitrogen and oxygen atoms in total. The summed E-state index contributed by atoms with van der Waals surface area (Å²) < 4.78 is 18.3. The highest BCUT2D eigenvalue weighted by molar-refractivity contribution is 7.22. The fourth-order valence-corrected chi connectivity index (χ4v) is 6.17. The van der Waals surface area contributed by atoms with E-state index in [2.05, 4.69) is 6.92 Å². The Morgan fingerprint density at radius 2 is 1.79 bits per heavy atom. The number of hydrogen-bond donors (Lipinski definition) is 1. The molecule has 1 saturated heterocycles. The fourth-order valence-electron chi connectivity index (χ4n) is 5.08. The largest absolute Gasteiger partial charge is 0.507 e. The molecule has 4 aromatic rings. The molecule has 224 valence electrons. The first-order chi connectivity index (χ1) is 20.9. The van der Waals surface area contributed by atoms with Crippen molar-refractivity contribution in [3.05, 3.63) is 82.9 Å². The first-order valence-electron chi connectivity index (χ1n) is 14.6. The summed E-state index contributed by atoms with van der Waals surface area (Å²) in [6, 6.07) is 17.1. The smallest absolute Gasteiger partial charge is 0.301 e. The Balaban J connectivity index is 1.64. The van der Waals surface area contributed by atoms with E-state index in [-0.39, 0.29) is 11.3 Å². The van der Waals surface area contributed by atoms with Crippen molar-refractivity contribution in [3.8, 4) is 17.2 Å². The Labute approximate surface area is 255 Å². The maximum Gasteiger partial charge on any atom is 0.301 e. The third-order valence-corrected chi connectivity index (χ3v) is 8.29. The van der Waals surface area contributed by atoms with Gasteiger partial charge in [-0.25, -0.2) is 4.98 Å². The Morgan fingerprint density at radius 3 is 2.56 bits per heavy atom. The lowest BCUT2D eigenvalue weighted by Gasteiger charge is -2.24. The average Bonchev–Trinajstić information content (AvgIpc) is 3.55. The Kier molecular flexibility index (Phi) is 9.31. The molecule has 0 aliphatic carbocycles. The number of carbonyl (C=O) groups excluding carboxylic acids is 2. The van der Waals surface area contributed by atoms with Crippen LogP contribution in [0.3, 0.4) is 0 Å². The Morgan fingerprint density at radius 1 is 0.953 bits per heavy atom. The van der Waals surface area contributed by atoms with Crippen LogP contribution in [0.1, 0.15) is 62.3 Å². The average molecular weight is 601 g/mol. The number of fused-ring (bicyclic) bond motifs is 1. The summed E-state index contributed by atoms with van der Waals surface area (Å²) in [5.74, 6) is -0.255. The molecule has 1 aliphatic rings. The zero-order valence-corrected chi connectivity index (χ0v) is 25.7. The van der Waals surface area contributed by atoms with Gasteiger partial charge in [-0.1, -0.05) is 62.3 Å². The van der Waals surface area contributed by atoms with E-state index in [0.29, 0.717) is 46.7 Å². The standard InChI is InChI=1S/C34H36N2O6S/c1-5-7-8-17-42-26-15-13-22(20-27(26)40-4)30-29(31(37)23-10-9-11-24(19-23)41-16-6-2)32(38)33(39)36(30)34-35-25-14-12-21(3)18-28(25)43-34/h9-15,18-20,30,37H,5-8,16-17H2,1-4H3/b31-29+. The number of amides is 1. The van der Waals surface area contributed by atoms with Gasteiger partial charge in [0.2, 0.25) is 0 Å². The Bertz CT molecular complexity index is 1680. The molecule has 5 rings (SSSR count). The van der Waals surface area contributed by atoms with Gasteiger partial charge >= 0.3 is 5.91 Å². The van der Waals surface area contributed by atoms with E-state index >= 15 is 0 Å². The normalized spacial score (nSPS) is 16.2. The van der Waals surface area contributed by atoms with Gasteiger partial charge in [-0.05, 0) is 67.3 Å². The molecule has 1 fully saturated rings. The quantitative estimate of drug-likeness (QED) is 0.0774. The molecule has 0 bridgehead atoms. The molecular formula is C34H36N2O6S. The summed E-state index contributed by atoms with van der Waals surface area (Å²) in [5.41, 5.74) is 2.70. The number of thiazole rings is 1. The first-order valence-corrected chi connectivity index (χ1v) is 15.4. The second-order valence-corrected chi connectivity index (χ2v) is 11.5. The van der Waals surface area contributed by atoms with E-state index in [1.54, 1.807) is 49.6 Å². The van der Waals surface area contributed by atoms with Crippen LogP contribution in [0.4, 0.5) is 5.13 Å². The van der Waals surface area contributed by atoms with Crippen molar-refractivity contribution >= 4 is 44.1 Å². The van der Waals surface area contributed by atoms with E-state index in [1.165, 1.54) is 16.2 Å². The number of aryl methyl sites for hydroxylation is 1. The van der Waals surface area contributed by atoms with Crippen molar-refractivity contribution in [3.63, 3.8) is 0 Å². The number of hydrogen-bond acceptors (Lipinski definition) is 8. The van der Waals surface area contributed by atoms with Crippen molar-refractivity contribution < 1.29 is 28.9 Å². The molecule has 9 heteroatoms. The predicted octanol–water partition coefficient (Wildman–Crippen LogP) is 7.60. The number of methoxy groups -OCH3 is 1. The van der Waals surface area contributed by atoms with Crippen molar-refractivity contribution in [1.29, 1.82) is 0 Å². The minimum atomic E-state index is -0.954. The van der Waals surface area contributed by atoms with Crippen LogP contribution < -0.4 is 19.1 Å². The van der Waals surface area contributed by atoms with Gasteiger partial charge < -0.3 is 19.3 Å². The lowest BCUT2D eigenvalue weighted by molar-refractivity contribution is -0.132. The summed E-state index contributed by atoms with van der Waals surface area (Å²) >= 11 is 1.32. The molecule has 2 heterocycles. The molecule has 1 N–H and O–H groups in total. The Hall–Kier alpha value is -4.37. The molecule has 1 amide bonds. The van der Waals surface area contributed by atoms with Gasteiger partial charge in [0.1, 0.15) is 11.5 Å². The molecule has 1 aliphatic heterocycles. The van der Waals surface area contributed by atoms with Crippen LogP contribution in [-0.2, 0) is 9.59 Å². The number of ketones is 1. The summed E-state index contributed by atoms with van der Waals surface area (Å²) in [6.45, 7) is 7.18. The minimum Gasteiger partial charge on any atom is -0.507 e. The number of aromatic nitrogens is 1. The van der Waals surface area contributed by atoms with Gasteiger partial charge in [0.25, 0.3) is 5.78 Å². The number of Topliss-reactive ketones (excluding diaryl/α,β-unsaturated/α-hetero) is 1. The molecule has 1 aromatic heterocycles. The van der Waals surface area contributed by atoms with E-state index in [9.17, 15) is 14.7 Å². The van der Waals surface area contributed by atoms with Crippen molar-refractivity contribution in [1.82, 2.24) is 4.98 Å². The van der Waals surface area contributed by atoms with Crippen LogP contribution >= 0.6 is 11.3 Å². The zero-order chi connectivity index (χ0) is 30.5. The molecule has 1 atom stereocenters. The first kappa shape index (κ1) is 30.1. The zero-order valence-electron chi connectivity index (χ0n) is 24.9. The number of aliphatic hydroxyl groups excluding tert-OH is 1. The van der Waals surface area contributed by atoms with Crippen LogP contribution in [0.25, 0.3) is 16.0 Å². The lowest BCUT2D eigenvalue weighted by Crippen LogP contribution is -2.29. The summed E-state index contributed by atoms with van der Waals surface area (Å²) in [7, 11) is 1.55. The van der Waals surface area contributed by atoms with Crippen LogP contribution in [0.5, 0.6) is 17.2 Å². The number of aliphatic hydroxyl groups is 1. The van der Waals surface area contributed by atoms with Gasteiger partial charge in [-0.15, -0.1) is 0 Å². The van der Waals surface area contributed by atoms with Gasteiger partial charge in [-0.3, -0.25) is 14.5 Å². The van der Waals surface area contributed by atoms with E-state index in [0.717, 1.165) is 41.5 Å². The van der Waals surface area contributed by atoms with Crippen LogP contribution in [0.2, 0.25) is 0 Å². The number of carbonyl (C=O) groups is 2. The molecule has 0 saturated carbocycles. The highest BCUT2D eigenvalue weighted by Crippen LogP contribution is 2.46. The molecule has 43 heavy (non-hydrogen) atoms. The maximum absolute atomic E-state index is 13.7. The van der Waals surface area contributed by atoms with Gasteiger partial charge in [0.05, 0.1) is 42.2 Å². The van der Waals surface area contributed by atoms with Gasteiger partial charge in [0.15, 0.2) is 16.6 Å². The van der Waals surface area contributed by atoms with E-state index < -0.39 is 17.7 Å². The van der Waals surface area contributed by atoms with Crippen LogP contribution in [-0.4, -0.2) is 42.1 Å². The molecule has 1 unspecified atom stereocenters. The number of ether oxygens (including phenoxy) is 3. The van der Waals surface area contributed by atoms with Crippen molar-refractivity contribution in [2.24, 2.45) is 0 Å². The van der Waals surface area contributed by atoms with Gasteiger partial charge in [-0.2, -0.15) is 0 Å². The maximum atomic E-state index is 13.7. The predicted molar refractivity (Wildman–Crippen MR) is 169 cm³/mol. The SMILES string of the molecule is CCCCCOc1ccc(C2/C(=C(\O)c3cccc(OCCC)c3)C(=O)C(=O)N2c2nc3ccc(C)cc3s2)cc1OC. The third kappa shape index (κ3) is 6.22. The second kappa shape index (κ2) is 13.3. The molecule has 0 radical (unpaired) electrons. The highest BCUT2D eigenvalue weighted by atomic mass is 32.1. The number of unbranched alkanes of at least 4 members (excludes halogenated alkanes) is 2. The molecule has 0 spiro atoms. The molecule has 3 aromatic carbocycles. The number of rotatable bonds is 12. The summed E-state index contributed by atoms with van der Waals surface area (Å²) in [4.78, 5) is 33.5. The monoisotopic (exact) mass is 600 g/mol. The number of anilines is 1. The topological polar surface area (TPSA) is 98.2 Å². The minimum absolute atomic E-state index is 0.0354. The van der Waals surface area contributed by atoms with Gasteiger partial charge in [0, 0.05) is 5.56 Å². The molecular weight excluding hydrogens is 564 g/mol. The summed E-state index contributed by atoms with van der Waals surface area (Å²) in [5, 5.41) is 12.0. The lowest BCUT2D eigenvalue weighted by atomic mass is 9.95. The van der Waals surface area contributed by atoms with Crippen LogP contribution in [0.15, 0.2) is 66.2 Å².